The number of amides is 1. The Morgan fingerprint density at radius 2 is 1.79 bits per heavy atom. The predicted octanol–water partition coefficient (Wildman–Crippen LogP) is 4.02. The summed E-state index contributed by atoms with van der Waals surface area (Å²) in [4.78, 5) is 25.0. The van der Waals surface area contributed by atoms with Crippen LogP contribution in [0.15, 0.2) is 36.4 Å². The van der Waals surface area contributed by atoms with E-state index in [1.807, 2.05) is 13.8 Å². The molecule has 0 bridgehead atoms. The van der Waals surface area contributed by atoms with E-state index in [2.05, 4.69) is 5.32 Å². The number of nitrogens with one attached hydrogen (secondary N) is 1. The molecule has 1 aromatic carbocycles. The molecule has 1 aromatic heterocycles. The molecule has 1 amide bonds. The molecule has 0 aliphatic heterocycles. The summed E-state index contributed by atoms with van der Waals surface area (Å²) in [5.74, 6) is -1.14. The van der Waals surface area contributed by atoms with E-state index >= 15 is 0 Å². The van der Waals surface area contributed by atoms with Crippen molar-refractivity contribution in [2.24, 2.45) is 0 Å². The molecule has 24 heavy (non-hydrogen) atoms. The number of halogens is 1. The van der Waals surface area contributed by atoms with Crippen molar-refractivity contribution in [1.82, 2.24) is 5.32 Å². The molecule has 0 fully saturated rings. The highest BCUT2D eigenvalue weighted by Crippen LogP contribution is 2.28. The maximum Gasteiger partial charge on any atom is 0.348 e. The van der Waals surface area contributed by atoms with E-state index in [4.69, 9.17) is 4.74 Å². The molecule has 0 aliphatic carbocycles. The van der Waals surface area contributed by atoms with E-state index in [9.17, 15) is 14.0 Å². The maximum atomic E-state index is 12.9. The van der Waals surface area contributed by atoms with E-state index in [-0.39, 0.29) is 24.4 Å². The van der Waals surface area contributed by atoms with Crippen LogP contribution in [0.1, 0.15) is 36.4 Å². The molecule has 2 aromatic rings. The zero-order valence-corrected chi connectivity index (χ0v) is 14.5. The van der Waals surface area contributed by atoms with Gasteiger partial charge in [0.1, 0.15) is 10.7 Å². The molecule has 6 heteroatoms. The molecule has 4 nitrogen and oxygen atoms in total. The van der Waals surface area contributed by atoms with Crippen LogP contribution < -0.4 is 5.32 Å². The SMILES string of the molecule is CCC(CC)NC(=O)COC(=O)c1ccc(-c2ccc(F)cc2)s1. The maximum absolute atomic E-state index is 12.9. The van der Waals surface area contributed by atoms with E-state index in [0.717, 1.165) is 23.3 Å². The Kier molecular flexibility index (Phi) is 6.49. The van der Waals surface area contributed by atoms with E-state index in [0.29, 0.717) is 4.88 Å². The molecule has 0 spiro atoms. The van der Waals surface area contributed by atoms with Gasteiger partial charge in [-0.25, -0.2) is 9.18 Å². The van der Waals surface area contributed by atoms with Crippen molar-refractivity contribution in [3.05, 3.63) is 47.1 Å². The number of hydrogen-bond acceptors (Lipinski definition) is 4. The standard InChI is InChI=1S/C18H20FNO3S/c1-3-14(4-2)20-17(21)11-23-18(22)16-10-9-15(24-16)12-5-7-13(19)8-6-12/h5-10,14H,3-4,11H2,1-2H3,(H,20,21). The molecule has 1 heterocycles. The first-order chi connectivity index (χ1) is 11.5. The Balaban J connectivity index is 1.91. The molecule has 0 atom stereocenters. The highest BCUT2D eigenvalue weighted by atomic mass is 32.1. The number of carbonyl (C=O) groups is 2. The molecular weight excluding hydrogens is 329 g/mol. The van der Waals surface area contributed by atoms with Gasteiger partial charge in [-0.15, -0.1) is 11.3 Å². The van der Waals surface area contributed by atoms with Crippen molar-refractivity contribution >= 4 is 23.2 Å². The average Bonchev–Trinajstić information content (AvgIpc) is 3.08. The summed E-state index contributed by atoms with van der Waals surface area (Å²) in [6, 6.07) is 9.56. The van der Waals surface area contributed by atoms with Crippen LogP contribution in [0, 0.1) is 5.82 Å². The van der Waals surface area contributed by atoms with Crippen molar-refractivity contribution in [3.63, 3.8) is 0 Å². The van der Waals surface area contributed by atoms with Gasteiger partial charge in [0, 0.05) is 10.9 Å². The van der Waals surface area contributed by atoms with Gasteiger partial charge >= 0.3 is 5.97 Å². The van der Waals surface area contributed by atoms with Gasteiger partial charge in [0.05, 0.1) is 0 Å². The second-order valence-corrected chi connectivity index (χ2v) is 6.41. The van der Waals surface area contributed by atoms with Crippen LogP contribution in [-0.4, -0.2) is 24.5 Å². The third-order valence-corrected chi connectivity index (χ3v) is 4.74. The number of hydrogen-bond donors (Lipinski definition) is 1. The fourth-order valence-corrected chi connectivity index (χ4v) is 3.09. The third kappa shape index (κ3) is 4.89. The van der Waals surface area contributed by atoms with Gasteiger partial charge in [-0.05, 0) is 42.7 Å². The first kappa shape index (κ1) is 18.1. The zero-order chi connectivity index (χ0) is 17.5. The summed E-state index contributed by atoms with van der Waals surface area (Å²) in [6.07, 6.45) is 1.67. The number of carbonyl (C=O) groups excluding carboxylic acids is 2. The molecular formula is C18H20FNO3S. The quantitative estimate of drug-likeness (QED) is 0.768. The predicted molar refractivity (Wildman–Crippen MR) is 92.5 cm³/mol. The van der Waals surface area contributed by atoms with Crippen molar-refractivity contribution in [3.8, 4) is 10.4 Å². The Hall–Kier alpha value is -2.21. The summed E-state index contributed by atoms with van der Waals surface area (Å²) in [7, 11) is 0. The molecule has 0 aliphatic rings. The topological polar surface area (TPSA) is 55.4 Å². The molecule has 2 rings (SSSR count). The summed E-state index contributed by atoms with van der Waals surface area (Å²) < 4.78 is 18.0. The number of benzene rings is 1. The van der Waals surface area contributed by atoms with Crippen LogP contribution in [0.4, 0.5) is 4.39 Å². The lowest BCUT2D eigenvalue weighted by atomic mass is 10.2. The van der Waals surface area contributed by atoms with Crippen molar-refractivity contribution in [2.45, 2.75) is 32.7 Å². The molecule has 128 valence electrons. The number of esters is 1. The van der Waals surface area contributed by atoms with Gasteiger partial charge in [-0.1, -0.05) is 26.0 Å². The first-order valence-corrected chi connectivity index (χ1v) is 8.67. The minimum atomic E-state index is -0.534. The van der Waals surface area contributed by atoms with Gasteiger partial charge in [-0.3, -0.25) is 4.79 Å². The summed E-state index contributed by atoms with van der Waals surface area (Å²) in [5, 5.41) is 2.81. The molecule has 0 saturated carbocycles. The Morgan fingerprint density at radius 3 is 2.42 bits per heavy atom. The summed E-state index contributed by atoms with van der Waals surface area (Å²) in [6.45, 7) is 3.69. The van der Waals surface area contributed by atoms with E-state index < -0.39 is 5.97 Å². The van der Waals surface area contributed by atoms with E-state index in [1.54, 1.807) is 24.3 Å². The van der Waals surface area contributed by atoms with Crippen LogP contribution >= 0.6 is 11.3 Å². The normalized spacial score (nSPS) is 10.7. The lowest BCUT2D eigenvalue weighted by Gasteiger charge is -2.14. The Bertz CT molecular complexity index is 693. The Morgan fingerprint density at radius 1 is 1.12 bits per heavy atom. The van der Waals surface area contributed by atoms with Gasteiger partial charge in [0.15, 0.2) is 6.61 Å². The largest absolute Gasteiger partial charge is 0.451 e. The second-order valence-electron chi connectivity index (χ2n) is 5.33. The minimum Gasteiger partial charge on any atom is -0.451 e. The number of rotatable bonds is 7. The van der Waals surface area contributed by atoms with Crippen LogP contribution in [0.5, 0.6) is 0 Å². The minimum absolute atomic E-state index is 0.100. The van der Waals surface area contributed by atoms with Gasteiger partial charge in [0.2, 0.25) is 0 Å². The number of thiophene rings is 1. The summed E-state index contributed by atoms with van der Waals surface area (Å²) in [5.41, 5.74) is 0.826. The monoisotopic (exact) mass is 349 g/mol. The first-order valence-electron chi connectivity index (χ1n) is 7.85. The fraction of sp³-hybridized carbons (Fsp3) is 0.333. The van der Waals surface area contributed by atoms with Crippen molar-refractivity contribution in [2.75, 3.05) is 6.61 Å². The zero-order valence-electron chi connectivity index (χ0n) is 13.7. The lowest BCUT2D eigenvalue weighted by molar-refractivity contribution is -0.125. The molecule has 1 N–H and O–H groups in total. The van der Waals surface area contributed by atoms with Crippen LogP contribution in [-0.2, 0) is 9.53 Å². The van der Waals surface area contributed by atoms with Crippen LogP contribution in [0.2, 0.25) is 0 Å². The smallest absolute Gasteiger partial charge is 0.348 e. The van der Waals surface area contributed by atoms with Crippen LogP contribution in [0.3, 0.4) is 0 Å². The lowest BCUT2D eigenvalue weighted by Crippen LogP contribution is -2.36. The molecule has 0 radical (unpaired) electrons. The second kappa shape index (κ2) is 8.59. The fourth-order valence-electron chi connectivity index (χ4n) is 2.18. The van der Waals surface area contributed by atoms with Crippen molar-refractivity contribution in [1.29, 1.82) is 0 Å². The highest BCUT2D eigenvalue weighted by Gasteiger charge is 2.15. The van der Waals surface area contributed by atoms with Crippen molar-refractivity contribution < 1.29 is 18.7 Å². The van der Waals surface area contributed by atoms with Gasteiger partial charge in [0.25, 0.3) is 5.91 Å². The van der Waals surface area contributed by atoms with Crippen LogP contribution in [0.25, 0.3) is 10.4 Å². The summed E-state index contributed by atoms with van der Waals surface area (Å²) >= 11 is 1.25. The molecule has 0 saturated heterocycles. The van der Waals surface area contributed by atoms with Gasteiger partial charge < -0.3 is 10.1 Å². The Labute approximate surface area is 144 Å². The average molecular weight is 349 g/mol. The third-order valence-electron chi connectivity index (χ3n) is 3.62. The number of ether oxygens (including phenoxy) is 1. The van der Waals surface area contributed by atoms with Gasteiger partial charge in [-0.2, -0.15) is 0 Å². The van der Waals surface area contributed by atoms with E-state index in [1.165, 1.54) is 23.5 Å². The highest BCUT2D eigenvalue weighted by molar-refractivity contribution is 7.17. The molecule has 0 unspecified atom stereocenters.